The molecule has 3 aromatic heterocycles. The Morgan fingerprint density at radius 1 is 0.585 bits per heavy atom. The van der Waals surface area contributed by atoms with E-state index in [0.717, 1.165) is 104 Å². The second-order valence-corrected chi connectivity index (χ2v) is 19.9. The number of amides is 2. The number of benzene rings is 4. The zero-order valence-electron chi connectivity index (χ0n) is 38.0. The minimum Gasteiger partial charge on any atom is -0.478 e. The predicted molar refractivity (Wildman–Crippen MR) is 269 cm³/mol. The number of aromatic carboxylic acids is 1. The highest BCUT2D eigenvalue weighted by atomic mass is 32.1. The van der Waals surface area contributed by atoms with E-state index in [0.29, 0.717) is 29.9 Å². The molecule has 332 valence electrons. The van der Waals surface area contributed by atoms with Crippen molar-refractivity contribution in [2.24, 2.45) is 11.8 Å². The maximum Gasteiger partial charge on any atom is 0.335 e. The van der Waals surface area contributed by atoms with Crippen LogP contribution in [-0.2, 0) is 9.59 Å². The monoisotopic (exact) mass is 899 g/mol. The molecule has 0 fully saturated rings. The Hall–Kier alpha value is -6.03. The van der Waals surface area contributed by atoms with Gasteiger partial charge in [-0.15, -0.1) is 22.7 Å². The van der Waals surface area contributed by atoms with Gasteiger partial charge in [0.2, 0.25) is 0 Å². The van der Waals surface area contributed by atoms with Gasteiger partial charge in [0.05, 0.1) is 48.9 Å². The first-order valence-electron chi connectivity index (χ1n) is 23.4. The smallest absolute Gasteiger partial charge is 0.335 e. The van der Waals surface area contributed by atoms with Crippen molar-refractivity contribution in [3.05, 3.63) is 147 Å². The van der Waals surface area contributed by atoms with Crippen LogP contribution in [0.4, 0.5) is 0 Å². The van der Waals surface area contributed by atoms with Crippen molar-refractivity contribution in [1.82, 2.24) is 14.4 Å². The predicted octanol–water partition coefficient (Wildman–Crippen LogP) is 14.5. The van der Waals surface area contributed by atoms with Crippen LogP contribution in [0.15, 0.2) is 126 Å². The molecule has 1 N–H and O–H groups in total. The Morgan fingerprint density at radius 3 is 1.63 bits per heavy atom. The summed E-state index contributed by atoms with van der Waals surface area (Å²) in [5.41, 5.74) is 9.33. The number of aryl methyl sites for hydroxylation is 1. The highest BCUT2D eigenvalue weighted by Gasteiger charge is 2.50. The zero-order chi connectivity index (χ0) is 45.4. The van der Waals surface area contributed by atoms with Gasteiger partial charge in [-0.3, -0.25) is 9.59 Å². The molecular formula is C56H57N3O4S2. The summed E-state index contributed by atoms with van der Waals surface area (Å²) >= 11 is 3.20. The molecule has 2 aliphatic rings. The largest absolute Gasteiger partial charge is 0.478 e. The van der Waals surface area contributed by atoms with E-state index in [9.17, 15) is 9.90 Å². The zero-order valence-corrected chi connectivity index (χ0v) is 39.7. The van der Waals surface area contributed by atoms with Crippen LogP contribution in [-0.4, -0.2) is 50.3 Å². The lowest BCUT2D eigenvalue weighted by Crippen LogP contribution is -2.34. The maximum absolute atomic E-state index is 15.4. The molecule has 4 aromatic carbocycles. The Balaban J connectivity index is 1.18. The number of thiophene rings is 2. The molecule has 2 aliphatic heterocycles. The number of carboxylic acid groups (broad SMARTS) is 1. The summed E-state index contributed by atoms with van der Waals surface area (Å²) in [6.07, 6.45) is 8.22. The standard InChI is InChI=1S/C56H57N3O4S2/c1-6-10-14-36(8-3)33-57-52(48-30-28-46(64-48)38-20-22-39(23-21-38)56(62)63)50-51(55(57)61)53(58(54(50)60)34-37(9-4)15-11-7-2)49-31-29-47(65-49)40-24-27-45-43(32-40)42-16-12-13-17-44(42)59(45)41-25-18-35(5)19-26-41/h12-13,16-32,36-37H,6-11,14-15,33-34H2,1-5H3,(H,62,63). The van der Waals surface area contributed by atoms with Crippen LogP contribution in [0.1, 0.15) is 105 Å². The number of hydrogen-bond donors (Lipinski definition) is 1. The summed E-state index contributed by atoms with van der Waals surface area (Å²) in [6, 6.07) is 39.2. The van der Waals surface area contributed by atoms with Gasteiger partial charge in [0.15, 0.2) is 0 Å². The normalized spacial score (nSPS) is 15.0. The lowest BCUT2D eigenvalue weighted by Gasteiger charge is -2.29. The van der Waals surface area contributed by atoms with Gasteiger partial charge in [0, 0.05) is 39.3 Å². The number of carboxylic acids is 1. The Labute approximate surface area is 390 Å². The SMILES string of the molecule is CCCCC(CC)CN1C(=O)C2=C(c3ccc(-c4ccc5c(c4)c4ccccc4n5-c4ccc(C)cc4)s3)N(CC(CC)CCCC)C(=O)C2=C1c1ccc(-c2ccc(C(=O)O)cc2)s1. The van der Waals surface area contributed by atoms with Crippen LogP contribution in [0.5, 0.6) is 0 Å². The van der Waals surface area contributed by atoms with Gasteiger partial charge >= 0.3 is 5.97 Å². The molecular weight excluding hydrogens is 843 g/mol. The summed E-state index contributed by atoms with van der Waals surface area (Å²) in [5, 5.41) is 11.9. The van der Waals surface area contributed by atoms with Crippen LogP contribution < -0.4 is 0 Å². The molecule has 0 saturated carbocycles. The number of rotatable bonds is 18. The van der Waals surface area contributed by atoms with E-state index < -0.39 is 5.97 Å². The molecule has 9 rings (SSSR count). The molecule has 0 radical (unpaired) electrons. The minimum atomic E-state index is -0.968. The van der Waals surface area contributed by atoms with E-state index in [2.05, 4.69) is 118 Å². The fourth-order valence-corrected chi connectivity index (χ4v) is 11.9. The van der Waals surface area contributed by atoms with Crippen LogP contribution in [0.25, 0.3) is 59.8 Å². The van der Waals surface area contributed by atoms with Crippen molar-refractivity contribution in [3.8, 4) is 26.6 Å². The highest BCUT2D eigenvalue weighted by molar-refractivity contribution is 7.17. The number of carbonyl (C=O) groups excluding carboxylic acids is 2. The quantitative estimate of drug-likeness (QED) is 0.0930. The van der Waals surface area contributed by atoms with Gasteiger partial charge in [0.1, 0.15) is 0 Å². The van der Waals surface area contributed by atoms with Gasteiger partial charge in [0.25, 0.3) is 11.8 Å². The first-order valence-corrected chi connectivity index (χ1v) is 25.0. The highest BCUT2D eigenvalue weighted by Crippen LogP contribution is 2.51. The molecule has 0 bridgehead atoms. The summed E-state index contributed by atoms with van der Waals surface area (Å²) in [5.74, 6) is -0.594. The second kappa shape index (κ2) is 18.8. The second-order valence-electron chi connectivity index (χ2n) is 17.7. The van der Waals surface area contributed by atoms with Crippen molar-refractivity contribution in [3.63, 3.8) is 0 Å². The van der Waals surface area contributed by atoms with E-state index in [4.69, 9.17) is 0 Å². The average molecular weight is 900 g/mol. The molecule has 0 aliphatic carbocycles. The Bertz CT molecular complexity index is 2980. The summed E-state index contributed by atoms with van der Waals surface area (Å²) in [7, 11) is 0. The van der Waals surface area contributed by atoms with Crippen molar-refractivity contribution in [2.75, 3.05) is 13.1 Å². The number of nitrogens with zero attached hydrogens (tertiary/aromatic N) is 3. The minimum absolute atomic E-state index is 0.0987. The van der Waals surface area contributed by atoms with E-state index in [-0.39, 0.29) is 29.2 Å². The van der Waals surface area contributed by atoms with Crippen LogP contribution in [0.3, 0.4) is 0 Å². The molecule has 7 nitrogen and oxygen atoms in total. The number of unbranched alkanes of at least 4 members (excludes halogenated alkanes) is 2. The molecule has 2 amide bonds. The summed E-state index contributed by atoms with van der Waals surface area (Å²) < 4.78 is 2.34. The lowest BCUT2D eigenvalue weighted by molar-refractivity contribution is -0.124. The third-order valence-electron chi connectivity index (χ3n) is 13.5. The van der Waals surface area contributed by atoms with Crippen molar-refractivity contribution in [2.45, 2.75) is 86.0 Å². The molecule has 0 spiro atoms. The topological polar surface area (TPSA) is 82.9 Å². The van der Waals surface area contributed by atoms with Gasteiger partial charge in [-0.25, -0.2) is 4.79 Å². The maximum atomic E-state index is 15.4. The van der Waals surface area contributed by atoms with Gasteiger partial charge in [-0.05, 0) is 109 Å². The van der Waals surface area contributed by atoms with Gasteiger partial charge < -0.3 is 19.5 Å². The van der Waals surface area contributed by atoms with Crippen molar-refractivity contribution < 1.29 is 19.5 Å². The molecule has 2 unspecified atom stereocenters. The number of carbonyl (C=O) groups is 3. The number of hydrogen-bond acceptors (Lipinski definition) is 5. The van der Waals surface area contributed by atoms with E-state index in [1.807, 2.05) is 34.1 Å². The van der Waals surface area contributed by atoms with Crippen LogP contribution in [0, 0.1) is 18.8 Å². The Morgan fingerprint density at radius 2 is 1.09 bits per heavy atom. The average Bonchev–Trinajstić information content (AvgIpc) is 4.17. The van der Waals surface area contributed by atoms with Crippen molar-refractivity contribution >= 4 is 73.7 Å². The summed E-state index contributed by atoms with van der Waals surface area (Å²) in [4.78, 5) is 50.0. The molecule has 65 heavy (non-hydrogen) atoms. The molecule has 9 heteroatoms. The number of para-hydroxylation sites is 1. The first kappa shape index (κ1) is 44.2. The van der Waals surface area contributed by atoms with E-state index >= 15 is 9.59 Å². The van der Waals surface area contributed by atoms with Gasteiger partial charge in [-0.1, -0.05) is 120 Å². The lowest BCUT2D eigenvalue weighted by atomic mass is 9.98. The third-order valence-corrected chi connectivity index (χ3v) is 15.8. The van der Waals surface area contributed by atoms with E-state index in [1.165, 1.54) is 16.3 Å². The molecule has 5 heterocycles. The summed E-state index contributed by atoms with van der Waals surface area (Å²) in [6.45, 7) is 12.0. The molecule has 7 aromatic rings. The number of aromatic nitrogens is 1. The van der Waals surface area contributed by atoms with Crippen LogP contribution in [0.2, 0.25) is 0 Å². The Kier molecular flexibility index (Phi) is 12.8. The van der Waals surface area contributed by atoms with Gasteiger partial charge in [-0.2, -0.15) is 0 Å². The van der Waals surface area contributed by atoms with Crippen LogP contribution >= 0.6 is 22.7 Å². The third kappa shape index (κ3) is 8.29. The fraction of sp³-hybridized carbons (Fsp3) is 0.304. The molecule has 2 atom stereocenters. The number of fused-ring (bicyclic) bond motifs is 4. The van der Waals surface area contributed by atoms with Crippen molar-refractivity contribution in [1.29, 1.82) is 0 Å². The first-order chi connectivity index (χ1) is 31.6. The fourth-order valence-electron chi connectivity index (χ4n) is 9.72. The van der Waals surface area contributed by atoms with E-state index in [1.54, 1.807) is 34.8 Å². The molecule has 0 saturated heterocycles.